The molecule has 1 fully saturated rings. The van der Waals surface area contributed by atoms with E-state index in [1.54, 1.807) is 0 Å². The van der Waals surface area contributed by atoms with Gasteiger partial charge in [-0.3, -0.25) is 4.79 Å². The van der Waals surface area contributed by atoms with Gasteiger partial charge in [-0.2, -0.15) is 0 Å². The standard InChI is InChI=1S/C20H25N3O/c1-16-11-13-23(14-12-16)18-8-9-19(21-15-18)22-20(24)10-7-17-5-3-2-4-6-17/h2-6,8-9,15-16H,7,10-14H2,1H3,(H,21,22,24). The van der Waals surface area contributed by atoms with Crippen LogP contribution in [0.3, 0.4) is 0 Å². The van der Waals surface area contributed by atoms with Crippen LogP contribution in [-0.2, 0) is 11.2 Å². The Bertz CT molecular complexity index is 646. The molecule has 0 atom stereocenters. The van der Waals surface area contributed by atoms with Crippen molar-refractivity contribution in [3.05, 3.63) is 54.2 Å². The molecule has 24 heavy (non-hydrogen) atoms. The van der Waals surface area contributed by atoms with Gasteiger partial charge in [0.1, 0.15) is 5.82 Å². The number of carbonyl (C=O) groups excluding carboxylic acids is 1. The molecule has 1 amide bonds. The Morgan fingerprint density at radius 2 is 1.92 bits per heavy atom. The average Bonchev–Trinajstić information content (AvgIpc) is 2.62. The summed E-state index contributed by atoms with van der Waals surface area (Å²) in [6.45, 7) is 4.49. The van der Waals surface area contributed by atoms with Crippen LogP contribution in [0.15, 0.2) is 48.7 Å². The molecule has 1 aromatic heterocycles. The van der Waals surface area contributed by atoms with Crippen molar-refractivity contribution in [2.45, 2.75) is 32.6 Å². The number of nitrogens with zero attached hydrogens (tertiary/aromatic N) is 2. The first-order valence-corrected chi connectivity index (χ1v) is 8.75. The highest BCUT2D eigenvalue weighted by Crippen LogP contribution is 2.23. The van der Waals surface area contributed by atoms with Crippen LogP contribution >= 0.6 is 0 Å². The van der Waals surface area contributed by atoms with Crippen molar-refractivity contribution < 1.29 is 4.79 Å². The van der Waals surface area contributed by atoms with Crippen molar-refractivity contribution in [3.63, 3.8) is 0 Å². The second kappa shape index (κ2) is 7.95. The van der Waals surface area contributed by atoms with Gasteiger partial charge in [-0.1, -0.05) is 37.3 Å². The number of pyridine rings is 1. The number of piperidine rings is 1. The van der Waals surface area contributed by atoms with Gasteiger partial charge in [0.2, 0.25) is 5.91 Å². The Hall–Kier alpha value is -2.36. The van der Waals surface area contributed by atoms with E-state index in [9.17, 15) is 4.79 Å². The molecular formula is C20H25N3O. The summed E-state index contributed by atoms with van der Waals surface area (Å²) in [5.41, 5.74) is 2.32. The number of nitrogens with one attached hydrogen (secondary N) is 1. The first-order valence-electron chi connectivity index (χ1n) is 8.75. The van der Waals surface area contributed by atoms with Crippen LogP contribution in [0.4, 0.5) is 11.5 Å². The molecule has 0 spiro atoms. The molecular weight excluding hydrogens is 298 g/mol. The molecule has 1 aliphatic heterocycles. The minimum Gasteiger partial charge on any atom is -0.370 e. The molecule has 0 unspecified atom stereocenters. The monoisotopic (exact) mass is 323 g/mol. The minimum absolute atomic E-state index is 0.00546. The molecule has 2 aromatic rings. The SMILES string of the molecule is CC1CCN(c2ccc(NC(=O)CCc3ccccc3)nc2)CC1. The number of benzene rings is 1. The van der Waals surface area contributed by atoms with Crippen molar-refractivity contribution in [2.75, 3.05) is 23.3 Å². The largest absolute Gasteiger partial charge is 0.370 e. The third-order valence-corrected chi connectivity index (χ3v) is 4.65. The predicted molar refractivity (Wildman–Crippen MR) is 98.2 cm³/mol. The smallest absolute Gasteiger partial charge is 0.225 e. The molecule has 3 rings (SSSR count). The summed E-state index contributed by atoms with van der Waals surface area (Å²) in [5.74, 6) is 1.45. The first-order chi connectivity index (χ1) is 11.7. The van der Waals surface area contributed by atoms with Gasteiger partial charge in [-0.05, 0) is 42.9 Å². The highest BCUT2D eigenvalue weighted by Gasteiger charge is 2.16. The van der Waals surface area contributed by atoms with Crippen LogP contribution < -0.4 is 10.2 Å². The lowest BCUT2D eigenvalue weighted by atomic mass is 9.99. The van der Waals surface area contributed by atoms with Gasteiger partial charge in [0.15, 0.2) is 0 Å². The van der Waals surface area contributed by atoms with Gasteiger partial charge in [0, 0.05) is 19.5 Å². The Balaban J connectivity index is 1.49. The summed E-state index contributed by atoms with van der Waals surface area (Å²) >= 11 is 0. The van der Waals surface area contributed by atoms with Crippen LogP contribution in [-0.4, -0.2) is 24.0 Å². The summed E-state index contributed by atoms with van der Waals surface area (Å²) in [6.07, 6.45) is 5.55. The molecule has 0 radical (unpaired) electrons. The van der Waals surface area contributed by atoms with Crippen molar-refractivity contribution in [1.82, 2.24) is 4.98 Å². The zero-order valence-corrected chi connectivity index (χ0v) is 14.2. The number of amides is 1. The fraction of sp³-hybridized carbons (Fsp3) is 0.400. The number of rotatable bonds is 5. The maximum Gasteiger partial charge on any atom is 0.225 e. The highest BCUT2D eigenvalue weighted by molar-refractivity contribution is 5.89. The van der Waals surface area contributed by atoms with E-state index in [0.29, 0.717) is 12.2 Å². The molecule has 1 N–H and O–H groups in total. The lowest BCUT2D eigenvalue weighted by Crippen LogP contribution is -2.32. The lowest BCUT2D eigenvalue weighted by Gasteiger charge is -2.31. The van der Waals surface area contributed by atoms with Crippen molar-refractivity contribution >= 4 is 17.4 Å². The predicted octanol–water partition coefficient (Wildman–Crippen LogP) is 3.89. The van der Waals surface area contributed by atoms with Crippen molar-refractivity contribution in [3.8, 4) is 0 Å². The van der Waals surface area contributed by atoms with Gasteiger partial charge in [0.05, 0.1) is 11.9 Å². The van der Waals surface area contributed by atoms with Gasteiger partial charge in [-0.15, -0.1) is 0 Å². The summed E-state index contributed by atoms with van der Waals surface area (Å²) < 4.78 is 0. The van der Waals surface area contributed by atoms with Crippen LogP contribution in [0.5, 0.6) is 0 Å². The number of hydrogen-bond acceptors (Lipinski definition) is 3. The fourth-order valence-electron chi connectivity index (χ4n) is 3.02. The summed E-state index contributed by atoms with van der Waals surface area (Å²) in [5, 5.41) is 2.88. The van der Waals surface area contributed by atoms with Crippen LogP contribution in [0.1, 0.15) is 31.7 Å². The van der Waals surface area contributed by atoms with E-state index in [1.165, 1.54) is 18.4 Å². The van der Waals surface area contributed by atoms with E-state index in [2.05, 4.69) is 28.2 Å². The topological polar surface area (TPSA) is 45.2 Å². The van der Waals surface area contributed by atoms with Crippen LogP contribution in [0.2, 0.25) is 0 Å². The number of aromatic nitrogens is 1. The average molecular weight is 323 g/mol. The lowest BCUT2D eigenvalue weighted by molar-refractivity contribution is -0.116. The third-order valence-electron chi connectivity index (χ3n) is 4.65. The fourth-order valence-corrected chi connectivity index (χ4v) is 3.02. The molecule has 2 heterocycles. The van der Waals surface area contributed by atoms with Gasteiger partial charge in [0.25, 0.3) is 0 Å². The van der Waals surface area contributed by atoms with E-state index in [1.807, 2.05) is 42.6 Å². The molecule has 1 saturated heterocycles. The van der Waals surface area contributed by atoms with Gasteiger partial charge in [-0.25, -0.2) is 4.98 Å². The number of carbonyl (C=O) groups is 1. The van der Waals surface area contributed by atoms with Crippen molar-refractivity contribution in [1.29, 1.82) is 0 Å². The Kier molecular flexibility index (Phi) is 5.47. The molecule has 4 nitrogen and oxygen atoms in total. The summed E-state index contributed by atoms with van der Waals surface area (Å²) in [6, 6.07) is 14.0. The van der Waals surface area contributed by atoms with Crippen LogP contribution in [0.25, 0.3) is 0 Å². The van der Waals surface area contributed by atoms with Gasteiger partial charge < -0.3 is 10.2 Å². The minimum atomic E-state index is 0.00546. The molecule has 1 aromatic carbocycles. The Morgan fingerprint density at radius 3 is 2.58 bits per heavy atom. The molecule has 4 heteroatoms. The zero-order valence-electron chi connectivity index (χ0n) is 14.2. The zero-order chi connectivity index (χ0) is 16.8. The normalized spacial score (nSPS) is 15.3. The highest BCUT2D eigenvalue weighted by atomic mass is 16.1. The number of anilines is 2. The van der Waals surface area contributed by atoms with E-state index in [0.717, 1.165) is 31.1 Å². The summed E-state index contributed by atoms with van der Waals surface area (Å²) in [7, 11) is 0. The van der Waals surface area contributed by atoms with E-state index < -0.39 is 0 Å². The Morgan fingerprint density at radius 1 is 1.17 bits per heavy atom. The second-order valence-corrected chi connectivity index (χ2v) is 6.60. The van der Waals surface area contributed by atoms with Gasteiger partial charge >= 0.3 is 0 Å². The number of hydrogen-bond donors (Lipinski definition) is 1. The van der Waals surface area contributed by atoms with Crippen LogP contribution in [0, 0.1) is 5.92 Å². The summed E-state index contributed by atoms with van der Waals surface area (Å²) in [4.78, 5) is 18.8. The van der Waals surface area contributed by atoms with E-state index >= 15 is 0 Å². The molecule has 0 saturated carbocycles. The Labute approximate surface area is 143 Å². The quantitative estimate of drug-likeness (QED) is 0.908. The molecule has 0 aliphatic carbocycles. The van der Waals surface area contributed by atoms with E-state index in [-0.39, 0.29) is 5.91 Å². The molecule has 126 valence electrons. The first kappa shape index (κ1) is 16.5. The maximum atomic E-state index is 12.0. The third kappa shape index (κ3) is 4.57. The van der Waals surface area contributed by atoms with Crippen molar-refractivity contribution in [2.24, 2.45) is 5.92 Å². The molecule has 1 aliphatic rings. The van der Waals surface area contributed by atoms with E-state index in [4.69, 9.17) is 0 Å². The second-order valence-electron chi connectivity index (χ2n) is 6.60. The number of aryl methyl sites for hydroxylation is 1. The molecule has 0 bridgehead atoms. The maximum absolute atomic E-state index is 12.0.